The number of aromatic nitrogens is 1. The van der Waals surface area contributed by atoms with E-state index in [-0.39, 0.29) is 15.7 Å². The number of rotatable bonds is 4. The lowest BCUT2D eigenvalue weighted by Crippen LogP contribution is -2.00. The molecule has 0 aliphatic heterocycles. The Morgan fingerprint density at radius 1 is 1.32 bits per heavy atom. The van der Waals surface area contributed by atoms with Crippen LogP contribution in [0, 0.1) is 10.1 Å². The normalized spacial score (nSPS) is 10.5. The summed E-state index contributed by atoms with van der Waals surface area (Å²) in [6.07, 6.45) is 1.63. The molecule has 2 aromatic rings. The average Bonchev–Trinajstić information content (AvgIpc) is 2.73. The quantitative estimate of drug-likeness (QED) is 0.652. The Bertz CT molecular complexity index is 609. The number of nitrogens with zero attached hydrogens (tertiary/aromatic N) is 2. The number of nitro groups is 1. The largest absolute Gasteiger partial charge is 0.378 e. The van der Waals surface area contributed by atoms with Crippen LogP contribution in [0.2, 0.25) is 14.5 Å². The molecule has 9 heteroatoms. The summed E-state index contributed by atoms with van der Waals surface area (Å²) in [5, 5.41) is 14.0. The Labute approximate surface area is 127 Å². The van der Waals surface area contributed by atoms with Gasteiger partial charge in [-0.1, -0.05) is 34.8 Å². The number of nitro benzene ring substituents is 1. The van der Waals surface area contributed by atoms with Crippen LogP contribution in [0.15, 0.2) is 18.3 Å². The van der Waals surface area contributed by atoms with Gasteiger partial charge < -0.3 is 5.32 Å². The molecular formula is C10H6Cl3N3O2S. The van der Waals surface area contributed by atoms with Gasteiger partial charge in [0.2, 0.25) is 0 Å². The number of non-ortho nitro benzene ring substituents is 1. The van der Waals surface area contributed by atoms with E-state index in [1.54, 1.807) is 6.20 Å². The van der Waals surface area contributed by atoms with Gasteiger partial charge in [0, 0.05) is 23.2 Å². The van der Waals surface area contributed by atoms with Crippen molar-refractivity contribution in [1.29, 1.82) is 0 Å². The van der Waals surface area contributed by atoms with E-state index < -0.39 is 4.92 Å². The molecule has 0 unspecified atom stereocenters. The van der Waals surface area contributed by atoms with Crippen molar-refractivity contribution < 1.29 is 4.92 Å². The fourth-order valence-electron chi connectivity index (χ4n) is 1.37. The third-order valence-electron chi connectivity index (χ3n) is 2.20. The number of nitrogens with one attached hydrogen (secondary N) is 1. The smallest absolute Gasteiger partial charge is 0.272 e. The third kappa shape index (κ3) is 3.48. The molecule has 5 nitrogen and oxygen atoms in total. The van der Waals surface area contributed by atoms with E-state index in [1.807, 2.05) is 0 Å². The van der Waals surface area contributed by atoms with Gasteiger partial charge in [0.1, 0.15) is 0 Å². The van der Waals surface area contributed by atoms with E-state index in [1.165, 1.54) is 23.5 Å². The third-order valence-corrected chi connectivity index (χ3v) is 3.91. The van der Waals surface area contributed by atoms with Crippen molar-refractivity contribution in [2.24, 2.45) is 0 Å². The standard InChI is InChI=1S/C10H6Cl3N3O2S/c11-7-1-5(16(17)18)2-8(12)9(7)14-3-6-4-15-10(13)19-6/h1-2,4,14H,3H2. The maximum atomic E-state index is 10.6. The molecule has 1 aromatic carbocycles. The summed E-state index contributed by atoms with van der Waals surface area (Å²) in [5.41, 5.74) is 0.292. The van der Waals surface area contributed by atoms with Crippen LogP contribution >= 0.6 is 46.1 Å². The Kier molecular flexibility index (Phi) is 4.46. The molecule has 0 aliphatic rings. The summed E-state index contributed by atoms with van der Waals surface area (Å²) in [4.78, 5) is 14.9. The first-order valence-electron chi connectivity index (χ1n) is 4.95. The van der Waals surface area contributed by atoms with Crippen molar-refractivity contribution in [1.82, 2.24) is 4.98 Å². The van der Waals surface area contributed by atoms with Crippen molar-refractivity contribution in [3.8, 4) is 0 Å². The predicted molar refractivity (Wildman–Crippen MR) is 77.6 cm³/mol. The molecule has 1 heterocycles. The van der Waals surface area contributed by atoms with Gasteiger partial charge in [-0.25, -0.2) is 4.98 Å². The summed E-state index contributed by atoms with van der Waals surface area (Å²) >= 11 is 19.0. The van der Waals surface area contributed by atoms with Crippen LogP contribution in [0.3, 0.4) is 0 Å². The van der Waals surface area contributed by atoms with Crippen LogP contribution in [-0.4, -0.2) is 9.91 Å². The van der Waals surface area contributed by atoms with Gasteiger partial charge in [0.15, 0.2) is 4.47 Å². The highest BCUT2D eigenvalue weighted by molar-refractivity contribution is 7.15. The van der Waals surface area contributed by atoms with Crippen LogP contribution in [0.25, 0.3) is 0 Å². The van der Waals surface area contributed by atoms with Crippen molar-refractivity contribution in [3.63, 3.8) is 0 Å². The van der Waals surface area contributed by atoms with Gasteiger partial charge in [-0.05, 0) is 0 Å². The highest BCUT2D eigenvalue weighted by atomic mass is 35.5. The number of benzene rings is 1. The van der Waals surface area contributed by atoms with Gasteiger partial charge in [-0.3, -0.25) is 10.1 Å². The van der Waals surface area contributed by atoms with Crippen LogP contribution < -0.4 is 5.32 Å². The molecule has 0 radical (unpaired) electrons. The minimum absolute atomic E-state index is 0.151. The second-order valence-electron chi connectivity index (χ2n) is 3.47. The number of hydrogen-bond donors (Lipinski definition) is 1. The molecule has 1 aromatic heterocycles. The number of thiazole rings is 1. The van der Waals surface area contributed by atoms with Crippen molar-refractivity contribution in [3.05, 3.63) is 47.8 Å². The highest BCUT2D eigenvalue weighted by Gasteiger charge is 2.14. The molecule has 0 aliphatic carbocycles. The molecule has 0 bridgehead atoms. The number of halogens is 3. The van der Waals surface area contributed by atoms with Crippen molar-refractivity contribution >= 4 is 57.5 Å². The number of anilines is 1. The van der Waals surface area contributed by atoms with E-state index in [0.29, 0.717) is 16.7 Å². The fraction of sp³-hybridized carbons (Fsp3) is 0.100. The molecule has 0 amide bonds. The van der Waals surface area contributed by atoms with Gasteiger partial charge in [-0.2, -0.15) is 0 Å². The van der Waals surface area contributed by atoms with E-state index in [9.17, 15) is 10.1 Å². The zero-order chi connectivity index (χ0) is 14.0. The van der Waals surface area contributed by atoms with Crippen LogP contribution in [0.4, 0.5) is 11.4 Å². The molecule has 100 valence electrons. The van der Waals surface area contributed by atoms with E-state index >= 15 is 0 Å². The first-order valence-corrected chi connectivity index (χ1v) is 6.90. The molecule has 0 saturated carbocycles. The van der Waals surface area contributed by atoms with Crippen LogP contribution in [0.1, 0.15) is 4.88 Å². The van der Waals surface area contributed by atoms with E-state index in [0.717, 1.165) is 4.88 Å². The molecule has 0 atom stereocenters. The minimum atomic E-state index is -0.551. The Hall–Kier alpha value is -1.08. The molecule has 0 spiro atoms. The van der Waals surface area contributed by atoms with Gasteiger partial charge >= 0.3 is 0 Å². The lowest BCUT2D eigenvalue weighted by atomic mass is 10.2. The van der Waals surface area contributed by atoms with Gasteiger partial charge in [0.25, 0.3) is 5.69 Å². The number of hydrogen-bond acceptors (Lipinski definition) is 5. The maximum Gasteiger partial charge on any atom is 0.272 e. The van der Waals surface area contributed by atoms with Crippen LogP contribution in [-0.2, 0) is 6.54 Å². The van der Waals surface area contributed by atoms with E-state index in [4.69, 9.17) is 34.8 Å². The lowest BCUT2D eigenvalue weighted by molar-refractivity contribution is -0.384. The zero-order valence-corrected chi connectivity index (χ0v) is 12.3. The van der Waals surface area contributed by atoms with Gasteiger partial charge in [-0.15, -0.1) is 11.3 Å². The van der Waals surface area contributed by atoms with Crippen molar-refractivity contribution in [2.75, 3.05) is 5.32 Å². The molecule has 0 fully saturated rings. The topological polar surface area (TPSA) is 68.1 Å². The van der Waals surface area contributed by atoms with Gasteiger partial charge in [0.05, 0.1) is 27.2 Å². The first kappa shape index (κ1) is 14.3. The Morgan fingerprint density at radius 3 is 2.42 bits per heavy atom. The molecule has 2 rings (SSSR count). The summed E-state index contributed by atoms with van der Waals surface area (Å²) in [7, 11) is 0. The minimum Gasteiger partial charge on any atom is -0.378 e. The monoisotopic (exact) mass is 337 g/mol. The lowest BCUT2D eigenvalue weighted by Gasteiger charge is -2.09. The second-order valence-corrected chi connectivity index (χ2v) is 5.99. The zero-order valence-electron chi connectivity index (χ0n) is 9.19. The van der Waals surface area contributed by atoms with Crippen LogP contribution in [0.5, 0.6) is 0 Å². The Balaban J connectivity index is 2.18. The summed E-state index contributed by atoms with van der Waals surface area (Å²) in [5.74, 6) is 0. The maximum absolute atomic E-state index is 10.6. The summed E-state index contributed by atoms with van der Waals surface area (Å²) in [6.45, 7) is 0.432. The summed E-state index contributed by atoms with van der Waals surface area (Å²) in [6, 6.07) is 2.49. The summed E-state index contributed by atoms with van der Waals surface area (Å²) < 4.78 is 0.442. The molecule has 1 N–H and O–H groups in total. The molecule has 0 saturated heterocycles. The average molecular weight is 339 g/mol. The van der Waals surface area contributed by atoms with E-state index in [2.05, 4.69) is 10.3 Å². The first-order chi connectivity index (χ1) is 8.97. The van der Waals surface area contributed by atoms with Crippen molar-refractivity contribution in [2.45, 2.75) is 6.54 Å². The SMILES string of the molecule is O=[N+]([O-])c1cc(Cl)c(NCc2cnc(Cl)s2)c(Cl)c1. The Morgan fingerprint density at radius 2 is 1.95 bits per heavy atom. The highest BCUT2D eigenvalue weighted by Crippen LogP contribution is 2.35. The molecule has 19 heavy (non-hydrogen) atoms. The predicted octanol–water partition coefficient (Wildman–Crippen LogP) is 4.62. The molecular weight excluding hydrogens is 333 g/mol. The fourth-order valence-corrected chi connectivity index (χ4v) is 2.90. The second kappa shape index (κ2) is 5.92.